The zero-order chi connectivity index (χ0) is 17.3. The lowest BCUT2D eigenvalue weighted by Gasteiger charge is -2.32. The van der Waals surface area contributed by atoms with Crippen molar-refractivity contribution in [1.29, 1.82) is 0 Å². The van der Waals surface area contributed by atoms with E-state index in [1.54, 1.807) is 41.7 Å². The van der Waals surface area contributed by atoms with E-state index in [2.05, 4.69) is 10.2 Å². The summed E-state index contributed by atoms with van der Waals surface area (Å²) in [5.74, 6) is 0.791. The van der Waals surface area contributed by atoms with E-state index in [0.717, 1.165) is 18.4 Å². The highest BCUT2D eigenvalue weighted by atomic mass is 32.2. The van der Waals surface area contributed by atoms with Crippen molar-refractivity contribution >= 4 is 21.4 Å². The first kappa shape index (κ1) is 16.4. The van der Waals surface area contributed by atoms with Gasteiger partial charge in [-0.2, -0.15) is 15.6 Å². The van der Waals surface area contributed by atoms with Crippen LogP contribution in [0.15, 0.2) is 56.5 Å². The Balaban J connectivity index is 1.68. The van der Waals surface area contributed by atoms with E-state index in [-0.39, 0.29) is 0 Å². The second-order valence-electron chi connectivity index (χ2n) is 5.90. The fraction of sp³-hybridized carbons (Fsp3) is 0.294. The Morgan fingerprint density at radius 1 is 1.12 bits per heavy atom. The molecular formula is C17H17N3O3S2. The van der Waals surface area contributed by atoms with Crippen LogP contribution in [0.25, 0.3) is 11.5 Å². The number of benzene rings is 1. The minimum atomic E-state index is -3.60. The molecule has 0 radical (unpaired) electrons. The first-order valence-electron chi connectivity index (χ1n) is 8.09. The van der Waals surface area contributed by atoms with Crippen LogP contribution in [0, 0.1) is 0 Å². The van der Waals surface area contributed by atoms with Gasteiger partial charge in [-0.05, 0) is 36.4 Å². The molecule has 3 heterocycles. The van der Waals surface area contributed by atoms with Gasteiger partial charge in [-0.25, -0.2) is 8.42 Å². The summed E-state index contributed by atoms with van der Waals surface area (Å²) in [7, 11) is -3.60. The Morgan fingerprint density at radius 3 is 2.72 bits per heavy atom. The van der Waals surface area contributed by atoms with Gasteiger partial charge in [0, 0.05) is 17.5 Å². The Bertz CT molecular complexity index is 937. The fourth-order valence-corrected chi connectivity index (χ4v) is 5.34. The zero-order valence-electron chi connectivity index (χ0n) is 13.4. The third kappa shape index (κ3) is 3.12. The van der Waals surface area contributed by atoms with Crippen molar-refractivity contribution < 1.29 is 12.8 Å². The number of thiophene rings is 1. The molecule has 0 amide bonds. The minimum Gasteiger partial charge on any atom is -0.419 e. The summed E-state index contributed by atoms with van der Waals surface area (Å²) >= 11 is 1.55. The molecule has 3 aromatic rings. The second-order valence-corrected chi connectivity index (χ2v) is 8.57. The molecule has 0 saturated carbocycles. The van der Waals surface area contributed by atoms with Gasteiger partial charge in [0.05, 0.1) is 4.90 Å². The molecule has 0 bridgehead atoms. The number of sulfonamides is 1. The van der Waals surface area contributed by atoms with E-state index in [1.165, 1.54) is 4.31 Å². The molecule has 6 nitrogen and oxygen atoms in total. The number of nitrogens with zero attached hydrogens (tertiary/aromatic N) is 3. The lowest BCUT2D eigenvalue weighted by Crippen LogP contribution is -2.38. The second kappa shape index (κ2) is 6.70. The van der Waals surface area contributed by atoms with Crippen LogP contribution in [0.3, 0.4) is 0 Å². The average molecular weight is 375 g/mol. The summed E-state index contributed by atoms with van der Waals surface area (Å²) in [6.07, 6.45) is 2.44. The van der Waals surface area contributed by atoms with Gasteiger partial charge < -0.3 is 4.42 Å². The highest BCUT2D eigenvalue weighted by molar-refractivity contribution is 7.89. The maximum atomic E-state index is 13.0. The maximum absolute atomic E-state index is 13.0. The van der Waals surface area contributed by atoms with Crippen molar-refractivity contribution in [3.8, 4) is 11.5 Å². The van der Waals surface area contributed by atoms with Crippen LogP contribution < -0.4 is 0 Å². The van der Waals surface area contributed by atoms with Crippen LogP contribution in [0.4, 0.5) is 0 Å². The van der Waals surface area contributed by atoms with Crippen LogP contribution >= 0.6 is 11.3 Å². The van der Waals surface area contributed by atoms with Crippen molar-refractivity contribution in [1.82, 2.24) is 14.5 Å². The molecule has 1 aliphatic heterocycles. The van der Waals surface area contributed by atoms with Gasteiger partial charge in [0.1, 0.15) is 6.04 Å². The SMILES string of the molecule is O=S(=O)(c1ccccc1)N1CCCC[C@@H]1c1nnc(-c2ccsc2)o1. The van der Waals surface area contributed by atoms with E-state index < -0.39 is 16.1 Å². The van der Waals surface area contributed by atoms with Gasteiger partial charge in [0.25, 0.3) is 0 Å². The van der Waals surface area contributed by atoms with Crippen LogP contribution in [-0.2, 0) is 10.0 Å². The summed E-state index contributed by atoms with van der Waals surface area (Å²) in [5.41, 5.74) is 0.858. The molecule has 0 unspecified atom stereocenters. The van der Waals surface area contributed by atoms with Crippen molar-refractivity contribution in [2.45, 2.75) is 30.2 Å². The third-order valence-electron chi connectivity index (χ3n) is 4.30. The van der Waals surface area contributed by atoms with E-state index >= 15 is 0 Å². The zero-order valence-corrected chi connectivity index (χ0v) is 15.0. The number of hydrogen-bond acceptors (Lipinski definition) is 6. The topological polar surface area (TPSA) is 76.3 Å². The Hall–Kier alpha value is -2.03. The minimum absolute atomic E-state index is 0.291. The van der Waals surface area contributed by atoms with Crippen molar-refractivity contribution in [2.75, 3.05) is 6.54 Å². The lowest BCUT2D eigenvalue weighted by atomic mass is 10.1. The average Bonchev–Trinajstić information content (AvgIpc) is 3.34. The molecule has 0 N–H and O–H groups in total. The normalized spacial score (nSPS) is 19.1. The molecule has 25 heavy (non-hydrogen) atoms. The highest BCUT2D eigenvalue weighted by Gasteiger charge is 2.37. The van der Waals surface area contributed by atoms with Crippen molar-refractivity contribution in [3.63, 3.8) is 0 Å². The molecule has 1 fully saturated rings. The first-order chi connectivity index (χ1) is 12.2. The van der Waals surface area contributed by atoms with Crippen molar-refractivity contribution in [3.05, 3.63) is 53.0 Å². The van der Waals surface area contributed by atoms with Crippen LogP contribution in [-0.4, -0.2) is 29.5 Å². The molecule has 1 aromatic carbocycles. The summed E-state index contributed by atoms with van der Waals surface area (Å²) < 4.78 is 33.4. The predicted octanol–water partition coefficient (Wildman–Crippen LogP) is 3.71. The Morgan fingerprint density at radius 2 is 1.96 bits per heavy atom. The maximum Gasteiger partial charge on any atom is 0.248 e. The van der Waals surface area contributed by atoms with Gasteiger partial charge in [0.2, 0.25) is 21.8 Å². The predicted molar refractivity (Wildman–Crippen MR) is 94.5 cm³/mol. The van der Waals surface area contributed by atoms with E-state index in [0.29, 0.717) is 29.6 Å². The molecular weight excluding hydrogens is 358 g/mol. The van der Waals surface area contributed by atoms with Gasteiger partial charge >= 0.3 is 0 Å². The lowest BCUT2D eigenvalue weighted by molar-refractivity contribution is 0.220. The quantitative estimate of drug-likeness (QED) is 0.695. The number of rotatable bonds is 4. The number of hydrogen-bond donors (Lipinski definition) is 0. The smallest absolute Gasteiger partial charge is 0.248 e. The van der Waals surface area contributed by atoms with Gasteiger partial charge in [-0.3, -0.25) is 0 Å². The Labute approximate surface area is 150 Å². The van der Waals surface area contributed by atoms with Crippen molar-refractivity contribution in [2.24, 2.45) is 0 Å². The van der Waals surface area contributed by atoms with Gasteiger partial charge in [-0.1, -0.05) is 24.6 Å². The van der Waals surface area contributed by atoms with Crippen LogP contribution in [0.5, 0.6) is 0 Å². The van der Waals surface area contributed by atoms with E-state index in [9.17, 15) is 8.42 Å². The Kier molecular flexibility index (Phi) is 4.41. The molecule has 0 aliphatic carbocycles. The van der Waals surface area contributed by atoms with Gasteiger partial charge in [-0.15, -0.1) is 10.2 Å². The number of aromatic nitrogens is 2. The molecule has 1 aliphatic rings. The summed E-state index contributed by atoms with van der Waals surface area (Å²) in [6.45, 7) is 0.456. The molecule has 2 aromatic heterocycles. The highest BCUT2D eigenvalue weighted by Crippen LogP contribution is 2.35. The molecule has 130 valence electrons. The monoisotopic (exact) mass is 375 g/mol. The van der Waals surface area contributed by atoms with Crippen LogP contribution in [0.1, 0.15) is 31.2 Å². The fourth-order valence-electron chi connectivity index (χ4n) is 3.04. The molecule has 4 rings (SSSR count). The van der Waals surface area contributed by atoms with E-state index in [4.69, 9.17) is 4.42 Å². The summed E-state index contributed by atoms with van der Waals surface area (Å²) in [6, 6.07) is 9.98. The number of piperidine rings is 1. The standard InChI is InChI=1S/C17H17N3O3S2/c21-25(22,14-6-2-1-3-7-14)20-10-5-4-8-15(20)17-19-18-16(23-17)13-9-11-24-12-13/h1-3,6-7,9,11-12,15H,4-5,8,10H2/t15-/m1/s1. The summed E-state index contributed by atoms with van der Waals surface area (Å²) in [4.78, 5) is 0.291. The van der Waals surface area contributed by atoms with E-state index in [1.807, 2.05) is 16.8 Å². The first-order valence-corrected chi connectivity index (χ1v) is 10.5. The molecule has 8 heteroatoms. The molecule has 1 atom stereocenters. The summed E-state index contributed by atoms with van der Waals surface area (Å²) in [5, 5.41) is 12.1. The van der Waals surface area contributed by atoms with Crippen LogP contribution in [0.2, 0.25) is 0 Å². The van der Waals surface area contributed by atoms with Gasteiger partial charge in [0.15, 0.2) is 0 Å². The molecule has 0 spiro atoms. The largest absolute Gasteiger partial charge is 0.419 e. The third-order valence-corrected chi connectivity index (χ3v) is 6.90. The molecule has 1 saturated heterocycles.